The van der Waals surface area contributed by atoms with Crippen molar-refractivity contribution in [1.29, 1.82) is 0 Å². The number of Topliss-reactive ketones (excluding diaryl/α,β-unsaturated/α-hetero) is 1. The van der Waals surface area contributed by atoms with Crippen LogP contribution in [-0.4, -0.2) is 67.5 Å². The fourth-order valence-corrected chi connectivity index (χ4v) is 3.82. The number of carbonyl (C=O) groups excluding carboxylic acids is 2. The summed E-state index contributed by atoms with van der Waals surface area (Å²) in [4.78, 5) is 29.6. The lowest BCUT2D eigenvalue weighted by Gasteiger charge is -2.27. The quantitative estimate of drug-likeness (QED) is 0.354. The van der Waals surface area contributed by atoms with Gasteiger partial charge in [0.05, 0.1) is 25.3 Å². The van der Waals surface area contributed by atoms with E-state index >= 15 is 0 Å². The summed E-state index contributed by atoms with van der Waals surface area (Å²) >= 11 is 0. The maximum atomic E-state index is 13.1. The number of hydrogen-bond acceptors (Lipinski definition) is 6. The molecule has 1 fully saturated rings. The first-order valence-corrected chi connectivity index (χ1v) is 11.1. The second kappa shape index (κ2) is 10.5. The molecule has 1 aliphatic rings. The molecule has 3 rings (SSSR count). The average Bonchev–Trinajstić information content (AvgIpc) is 3.06. The molecule has 7 heteroatoms. The van der Waals surface area contributed by atoms with Crippen LogP contribution < -0.4 is 9.47 Å². The van der Waals surface area contributed by atoms with Crippen molar-refractivity contribution in [2.24, 2.45) is 0 Å². The van der Waals surface area contributed by atoms with Crippen molar-refractivity contribution in [3.05, 3.63) is 64.7 Å². The number of likely N-dealkylation sites (N-methyl/N-ethyl adjacent to an activating group) is 1. The van der Waals surface area contributed by atoms with Gasteiger partial charge in [-0.1, -0.05) is 42.8 Å². The van der Waals surface area contributed by atoms with E-state index in [0.717, 1.165) is 12.0 Å². The van der Waals surface area contributed by atoms with Crippen molar-refractivity contribution < 1.29 is 24.2 Å². The molecular formula is C26H32N2O5. The second-order valence-corrected chi connectivity index (χ2v) is 8.42. The normalized spacial score (nSPS) is 17.6. The molecule has 176 valence electrons. The van der Waals surface area contributed by atoms with Crippen LogP contribution in [0.25, 0.3) is 5.76 Å². The molecule has 33 heavy (non-hydrogen) atoms. The summed E-state index contributed by atoms with van der Waals surface area (Å²) in [6.45, 7) is 5.42. The molecule has 1 saturated heterocycles. The van der Waals surface area contributed by atoms with Gasteiger partial charge in [-0.25, -0.2) is 0 Å². The molecule has 0 aliphatic carbocycles. The smallest absolute Gasteiger partial charge is 0.295 e. The Morgan fingerprint density at radius 3 is 2.39 bits per heavy atom. The van der Waals surface area contributed by atoms with Crippen molar-refractivity contribution in [1.82, 2.24) is 9.80 Å². The first kappa shape index (κ1) is 24.3. The zero-order valence-corrected chi connectivity index (χ0v) is 19.9. The molecule has 0 unspecified atom stereocenters. The Morgan fingerprint density at radius 1 is 1.09 bits per heavy atom. The van der Waals surface area contributed by atoms with Crippen LogP contribution in [0.1, 0.15) is 36.1 Å². The van der Waals surface area contributed by atoms with E-state index in [9.17, 15) is 14.7 Å². The Hall–Kier alpha value is -3.32. The number of ketones is 1. The van der Waals surface area contributed by atoms with Gasteiger partial charge in [0.25, 0.3) is 11.7 Å². The Labute approximate surface area is 195 Å². The van der Waals surface area contributed by atoms with Crippen molar-refractivity contribution in [3.63, 3.8) is 0 Å². The summed E-state index contributed by atoms with van der Waals surface area (Å²) < 4.78 is 11.3. The van der Waals surface area contributed by atoms with Gasteiger partial charge in [-0.2, -0.15) is 0 Å². The number of aliphatic hydroxyl groups excluding tert-OH is 1. The first-order valence-electron chi connectivity index (χ1n) is 11.1. The van der Waals surface area contributed by atoms with Crippen LogP contribution in [0, 0.1) is 6.92 Å². The van der Waals surface area contributed by atoms with Gasteiger partial charge in [-0.15, -0.1) is 0 Å². The van der Waals surface area contributed by atoms with Crippen LogP contribution in [0.5, 0.6) is 11.5 Å². The molecule has 1 amide bonds. The van der Waals surface area contributed by atoms with E-state index in [-0.39, 0.29) is 11.3 Å². The van der Waals surface area contributed by atoms with Gasteiger partial charge < -0.3 is 24.4 Å². The average molecular weight is 453 g/mol. The summed E-state index contributed by atoms with van der Waals surface area (Å²) in [5.74, 6) is -0.403. The van der Waals surface area contributed by atoms with E-state index in [4.69, 9.17) is 9.47 Å². The van der Waals surface area contributed by atoms with Crippen molar-refractivity contribution in [2.75, 3.05) is 40.9 Å². The predicted octanol–water partition coefficient (Wildman–Crippen LogP) is 3.78. The molecule has 1 atom stereocenters. The zero-order valence-electron chi connectivity index (χ0n) is 19.9. The van der Waals surface area contributed by atoms with Crippen LogP contribution >= 0.6 is 0 Å². The Morgan fingerprint density at radius 2 is 1.79 bits per heavy atom. The molecular weight excluding hydrogens is 420 g/mol. The molecule has 1 aliphatic heterocycles. The third kappa shape index (κ3) is 5.20. The molecule has 0 spiro atoms. The number of ether oxygens (including phenoxy) is 2. The van der Waals surface area contributed by atoms with Crippen LogP contribution in [0.2, 0.25) is 0 Å². The van der Waals surface area contributed by atoms with E-state index < -0.39 is 17.7 Å². The lowest BCUT2D eigenvalue weighted by Crippen LogP contribution is -2.35. The highest BCUT2D eigenvalue weighted by Crippen LogP contribution is 2.41. The van der Waals surface area contributed by atoms with Crippen LogP contribution in [-0.2, 0) is 9.59 Å². The van der Waals surface area contributed by atoms with Crippen molar-refractivity contribution >= 4 is 17.4 Å². The topological polar surface area (TPSA) is 79.3 Å². The van der Waals surface area contributed by atoms with E-state index in [2.05, 4.69) is 0 Å². The minimum absolute atomic E-state index is 0.0758. The molecule has 0 radical (unpaired) electrons. The van der Waals surface area contributed by atoms with Gasteiger partial charge in [0.1, 0.15) is 5.76 Å². The van der Waals surface area contributed by atoms with Gasteiger partial charge in [0, 0.05) is 18.7 Å². The third-order valence-corrected chi connectivity index (χ3v) is 5.62. The number of carbonyl (C=O) groups is 2. The predicted molar refractivity (Wildman–Crippen MR) is 128 cm³/mol. The van der Waals surface area contributed by atoms with Crippen LogP contribution in [0.3, 0.4) is 0 Å². The summed E-state index contributed by atoms with van der Waals surface area (Å²) in [5.41, 5.74) is 2.27. The number of hydrogen-bond donors (Lipinski definition) is 1. The monoisotopic (exact) mass is 452 g/mol. The second-order valence-electron chi connectivity index (χ2n) is 8.42. The minimum atomic E-state index is -0.736. The molecule has 2 aromatic carbocycles. The first-order chi connectivity index (χ1) is 15.8. The van der Waals surface area contributed by atoms with Gasteiger partial charge >= 0.3 is 0 Å². The summed E-state index contributed by atoms with van der Waals surface area (Å²) in [6, 6.07) is 11.8. The van der Waals surface area contributed by atoms with Crippen molar-refractivity contribution in [2.45, 2.75) is 26.3 Å². The fraction of sp³-hybridized carbons (Fsp3) is 0.385. The number of amides is 1. The van der Waals surface area contributed by atoms with Crippen LogP contribution in [0.4, 0.5) is 0 Å². The molecule has 1 heterocycles. The maximum Gasteiger partial charge on any atom is 0.295 e. The third-order valence-electron chi connectivity index (χ3n) is 5.62. The van der Waals surface area contributed by atoms with E-state index in [1.807, 2.05) is 51.0 Å². The van der Waals surface area contributed by atoms with E-state index in [1.165, 1.54) is 4.90 Å². The maximum absolute atomic E-state index is 13.1. The van der Waals surface area contributed by atoms with Crippen molar-refractivity contribution in [3.8, 4) is 11.5 Å². The van der Waals surface area contributed by atoms with Gasteiger partial charge in [-0.05, 0) is 45.1 Å². The van der Waals surface area contributed by atoms with Gasteiger partial charge in [0.2, 0.25) is 0 Å². The lowest BCUT2D eigenvalue weighted by molar-refractivity contribution is -0.140. The standard InChI is InChI=1S/C26H32N2O5/c1-6-15-33-20-12-11-19(16-21(20)32-5)23-22(24(29)18-9-7-17(2)8-10-18)25(30)26(31)28(23)14-13-27(3)4/h7-12,16,23,29H,6,13-15H2,1-5H3/t23-/m1/s1. The number of aliphatic hydroxyl groups is 1. The van der Waals surface area contributed by atoms with E-state index in [0.29, 0.717) is 42.3 Å². The highest BCUT2D eigenvalue weighted by Gasteiger charge is 2.46. The Kier molecular flexibility index (Phi) is 7.76. The molecule has 1 N–H and O–H groups in total. The largest absolute Gasteiger partial charge is 0.507 e. The number of aryl methyl sites for hydroxylation is 1. The van der Waals surface area contributed by atoms with E-state index in [1.54, 1.807) is 31.4 Å². The SMILES string of the molecule is CCCOc1ccc([C@@H]2C(=C(O)c3ccc(C)cc3)C(=O)C(=O)N2CCN(C)C)cc1OC. The summed E-state index contributed by atoms with van der Waals surface area (Å²) in [6.07, 6.45) is 0.853. The van der Waals surface area contributed by atoms with Gasteiger partial charge in [-0.3, -0.25) is 9.59 Å². The molecule has 0 bridgehead atoms. The minimum Gasteiger partial charge on any atom is -0.507 e. The molecule has 2 aromatic rings. The molecule has 0 aromatic heterocycles. The fourth-order valence-electron chi connectivity index (χ4n) is 3.82. The van der Waals surface area contributed by atoms with Crippen LogP contribution in [0.15, 0.2) is 48.0 Å². The number of likely N-dealkylation sites (tertiary alicyclic amines) is 1. The highest BCUT2D eigenvalue weighted by atomic mass is 16.5. The molecule has 0 saturated carbocycles. The molecule has 7 nitrogen and oxygen atoms in total. The number of nitrogens with zero attached hydrogens (tertiary/aromatic N) is 2. The van der Waals surface area contributed by atoms with Gasteiger partial charge in [0.15, 0.2) is 11.5 Å². The Balaban J connectivity index is 2.14. The zero-order chi connectivity index (χ0) is 24.1. The number of rotatable bonds is 9. The lowest BCUT2D eigenvalue weighted by atomic mass is 9.94. The number of benzene rings is 2. The number of methoxy groups -OCH3 is 1. The Bertz CT molecular complexity index is 1040. The summed E-state index contributed by atoms with van der Waals surface area (Å²) in [5, 5.41) is 11.1. The highest BCUT2D eigenvalue weighted by molar-refractivity contribution is 6.46. The summed E-state index contributed by atoms with van der Waals surface area (Å²) in [7, 11) is 5.36.